The molecule has 140 valence electrons. The van der Waals surface area contributed by atoms with E-state index in [1.807, 2.05) is 35.2 Å². The SMILES string of the molecule is NC(=O)NC(Cc1ccccc1)C(=O)NC1CCN(C(=O)C2CC2)CC1. The Balaban J connectivity index is 1.52. The van der Waals surface area contributed by atoms with Crippen LogP contribution >= 0.6 is 0 Å². The number of nitrogens with zero attached hydrogens (tertiary/aromatic N) is 1. The van der Waals surface area contributed by atoms with Gasteiger partial charge in [-0.15, -0.1) is 0 Å². The van der Waals surface area contributed by atoms with Gasteiger partial charge in [-0.25, -0.2) is 4.79 Å². The van der Waals surface area contributed by atoms with Crippen LogP contribution in [0.3, 0.4) is 0 Å². The van der Waals surface area contributed by atoms with Crippen LogP contribution in [0.15, 0.2) is 30.3 Å². The van der Waals surface area contributed by atoms with E-state index in [2.05, 4.69) is 10.6 Å². The average molecular weight is 358 g/mol. The minimum atomic E-state index is -0.717. The molecule has 0 aromatic heterocycles. The second-order valence-corrected chi connectivity index (χ2v) is 7.13. The molecule has 2 aliphatic rings. The summed E-state index contributed by atoms with van der Waals surface area (Å²) in [5.74, 6) is 0.253. The van der Waals surface area contributed by atoms with E-state index in [4.69, 9.17) is 5.73 Å². The number of nitrogens with two attached hydrogens (primary N) is 1. The monoisotopic (exact) mass is 358 g/mol. The van der Waals surface area contributed by atoms with Gasteiger partial charge in [0.1, 0.15) is 6.04 Å². The number of piperidine rings is 1. The molecule has 2 fully saturated rings. The Hall–Kier alpha value is -2.57. The van der Waals surface area contributed by atoms with Crippen molar-refractivity contribution >= 4 is 17.8 Å². The zero-order chi connectivity index (χ0) is 18.5. The van der Waals surface area contributed by atoms with Crippen molar-refractivity contribution in [1.29, 1.82) is 0 Å². The molecule has 1 aliphatic heterocycles. The first-order chi connectivity index (χ1) is 12.5. The molecule has 0 bridgehead atoms. The summed E-state index contributed by atoms with van der Waals surface area (Å²) in [5.41, 5.74) is 6.18. The Labute approximate surface area is 153 Å². The maximum absolute atomic E-state index is 12.6. The first-order valence-corrected chi connectivity index (χ1v) is 9.22. The topological polar surface area (TPSA) is 105 Å². The maximum Gasteiger partial charge on any atom is 0.312 e. The lowest BCUT2D eigenvalue weighted by Gasteiger charge is -2.33. The average Bonchev–Trinajstić information content (AvgIpc) is 3.47. The second-order valence-electron chi connectivity index (χ2n) is 7.13. The second kappa shape index (κ2) is 8.21. The molecule has 1 saturated heterocycles. The summed E-state index contributed by atoms with van der Waals surface area (Å²) in [6.45, 7) is 1.35. The number of urea groups is 1. The molecule has 1 aromatic carbocycles. The number of hydrogen-bond acceptors (Lipinski definition) is 3. The summed E-state index contributed by atoms with van der Waals surface area (Å²) in [4.78, 5) is 37.9. The van der Waals surface area contributed by atoms with E-state index in [0.29, 0.717) is 19.5 Å². The molecule has 4 N–H and O–H groups in total. The Morgan fingerprint density at radius 2 is 1.73 bits per heavy atom. The summed E-state index contributed by atoms with van der Waals surface area (Å²) in [6.07, 6.45) is 3.87. The molecule has 7 heteroatoms. The van der Waals surface area contributed by atoms with Gasteiger partial charge in [-0.3, -0.25) is 9.59 Å². The standard InChI is InChI=1S/C19H26N4O3/c20-19(26)22-16(12-13-4-2-1-3-5-13)17(24)21-15-8-10-23(11-9-15)18(25)14-6-7-14/h1-5,14-16H,6-12H2,(H,21,24)(H3,20,22,26). The van der Waals surface area contributed by atoms with E-state index in [1.165, 1.54) is 0 Å². The van der Waals surface area contributed by atoms with Crippen LogP contribution in [0.2, 0.25) is 0 Å². The highest BCUT2D eigenvalue weighted by Crippen LogP contribution is 2.31. The van der Waals surface area contributed by atoms with E-state index in [1.54, 1.807) is 0 Å². The Kier molecular flexibility index (Phi) is 5.75. The Morgan fingerprint density at radius 3 is 2.31 bits per heavy atom. The minimum absolute atomic E-state index is 0.0127. The number of benzene rings is 1. The molecule has 1 saturated carbocycles. The number of amides is 4. The molecule has 1 aliphatic carbocycles. The van der Waals surface area contributed by atoms with Gasteiger partial charge >= 0.3 is 6.03 Å². The van der Waals surface area contributed by atoms with Crippen molar-refractivity contribution in [2.24, 2.45) is 11.7 Å². The third-order valence-electron chi connectivity index (χ3n) is 5.00. The van der Waals surface area contributed by atoms with Crippen molar-refractivity contribution in [1.82, 2.24) is 15.5 Å². The number of likely N-dealkylation sites (tertiary alicyclic amines) is 1. The number of rotatable bonds is 6. The van der Waals surface area contributed by atoms with E-state index in [9.17, 15) is 14.4 Å². The number of carbonyl (C=O) groups excluding carboxylic acids is 3. The summed E-state index contributed by atoms with van der Waals surface area (Å²) >= 11 is 0. The summed E-state index contributed by atoms with van der Waals surface area (Å²) in [6, 6.07) is 8.08. The summed E-state index contributed by atoms with van der Waals surface area (Å²) in [7, 11) is 0. The van der Waals surface area contributed by atoms with Gasteiger partial charge in [-0.05, 0) is 31.2 Å². The van der Waals surface area contributed by atoms with Gasteiger partial charge in [0, 0.05) is 31.5 Å². The molecular formula is C19H26N4O3. The lowest BCUT2D eigenvalue weighted by atomic mass is 10.0. The fourth-order valence-electron chi connectivity index (χ4n) is 3.37. The normalized spacial score (nSPS) is 18.8. The van der Waals surface area contributed by atoms with Gasteiger partial charge in [0.25, 0.3) is 0 Å². The van der Waals surface area contributed by atoms with Crippen molar-refractivity contribution < 1.29 is 14.4 Å². The predicted molar refractivity (Wildman–Crippen MR) is 97.1 cm³/mol. The van der Waals surface area contributed by atoms with Crippen molar-refractivity contribution in [3.8, 4) is 0 Å². The van der Waals surface area contributed by atoms with Crippen LogP contribution in [0.1, 0.15) is 31.2 Å². The van der Waals surface area contributed by atoms with E-state index in [0.717, 1.165) is 31.2 Å². The van der Waals surface area contributed by atoms with Gasteiger partial charge in [0.15, 0.2) is 0 Å². The smallest absolute Gasteiger partial charge is 0.312 e. The van der Waals surface area contributed by atoms with Crippen LogP contribution in [0.4, 0.5) is 4.79 Å². The molecule has 7 nitrogen and oxygen atoms in total. The molecular weight excluding hydrogens is 332 g/mol. The van der Waals surface area contributed by atoms with Gasteiger partial charge in [-0.2, -0.15) is 0 Å². The van der Waals surface area contributed by atoms with Crippen LogP contribution in [-0.2, 0) is 16.0 Å². The first kappa shape index (κ1) is 18.2. The summed E-state index contributed by atoms with van der Waals surface area (Å²) < 4.78 is 0. The Bertz CT molecular complexity index is 652. The Morgan fingerprint density at radius 1 is 1.08 bits per heavy atom. The van der Waals surface area contributed by atoms with Crippen molar-refractivity contribution in [3.05, 3.63) is 35.9 Å². The van der Waals surface area contributed by atoms with Crippen molar-refractivity contribution in [3.63, 3.8) is 0 Å². The largest absolute Gasteiger partial charge is 0.352 e. The van der Waals surface area contributed by atoms with Crippen molar-refractivity contribution in [2.45, 2.75) is 44.2 Å². The van der Waals surface area contributed by atoms with Crippen LogP contribution < -0.4 is 16.4 Å². The quantitative estimate of drug-likeness (QED) is 0.700. The van der Waals surface area contributed by atoms with Crippen LogP contribution in [0.5, 0.6) is 0 Å². The zero-order valence-corrected chi connectivity index (χ0v) is 14.8. The molecule has 4 amide bonds. The highest BCUT2D eigenvalue weighted by atomic mass is 16.2. The predicted octanol–water partition coefficient (Wildman–Crippen LogP) is 0.783. The third-order valence-corrected chi connectivity index (χ3v) is 5.00. The third kappa shape index (κ3) is 4.97. The highest BCUT2D eigenvalue weighted by Gasteiger charge is 2.35. The van der Waals surface area contributed by atoms with Gasteiger partial charge in [-0.1, -0.05) is 30.3 Å². The van der Waals surface area contributed by atoms with Gasteiger partial charge in [0.05, 0.1) is 0 Å². The molecule has 0 radical (unpaired) electrons. The fourth-order valence-corrected chi connectivity index (χ4v) is 3.37. The molecule has 0 spiro atoms. The summed E-state index contributed by atoms with van der Waals surface area (Å²) in [5, 5.41) is 5.53. The first-order valence-electron chi connectivity index (χ1n) is 9.22. The molecule has 1 unspecified atom stereocenters. The number of carbonyl (C=O) groups is 3. The van der Waals surface area contributed by atoms with Crippen LogP contribution in [0.25, 0.3) is 0 Å². The number of nitrogens with one attached hydrogen (secondary N) is 2. The molecule has 3 rings (SSSR count). The van der Waals surface area contributed by atoms with Crippen LogP contribution in [0, 0.1) is 5.92 Å². The lowest BCUT2D eigenvalue weighted by Crippen LogP contribution is -2.54. The zero-order valence-electron chi connectivity index (χ0n) is 14.8. The van der Waals surface area contributed by atoms with Gasteiger partial charge in [0.2, 0.25) is 11.8 Å². The van der Waals surface area contributed by atoms with Crippen molar-refractivity contribution in [2.75, 3.05) is 13.1 Å². The van der Waals surface area contributed by atoms with Gasteiger partial charge < -0.3 is 21.3 Å². The van der Waals surface area contributed by atoms with Crippen LogP contribution in [-0.4, -0.2) is 47.9 Å². The van der Waals surface area contributed by atoms with E-state index >= 15 is 0 Å². The molecule has 26 heavy (non-hydrogen) atoms. The maximum atomic E-state index is 12.6. The minimum Gasteiger partial charge on any atom is -0.352 e. The molecule has 1 heterocycles. The van der Waals surface area contributed by atoms with E-state index in [-0.39, 0.29) is 23.8 Å². The number of hydrogen-bond donors (Lipinski definition) is 3. The fraction of sp³-hybridized carbons (Fsp3) is 0.526. The lowest BCUT2D eigenvalue weighted by molar-refractivity contribution is -0.133. The molecule has 1 aromatic rings. The van der Waals surface area contributed by atoms with E-state index < -0.39 is 12.1 Å². The number of primary amides is 1. The highest BCUT2D eigenvalue weighted by molar-refractivity contribution is 5.87. The molecule has 1 atom stereocenters.